The first kappa shape index (κ1) is 22.7. The molecule has 1 fully saturated rings. The highest BCUT2D eigenvalue weighted by molar-refractivity contribution is 5.82. The van der Waals surface area contributed by atoms with E-state index >= 15 is 0 Å². The topological polar surface area (TPSA) is 30.7 Å². The summed E-state index contributed by atoms with van der Waals surface area (Å²) in [7, 11) is 2.07. The minimum absolute atomic E-state index is 0.494. The SMILES string of the molecule is Cn1c(-c2cc(-c3ccc(C4CCC(C)(C)CC4)cc3)cc(-c3ccccc3)n2)nc2ccccc21. The molecule has 0 amide bonds. The third-order valence-electron chi connectivity index (χ3n) is 7.97. The molecule has 2 aromatic heterocycles. The van der Waals surface area contributed by atoms with Crippen LogP contribution in [0.5, 0.6) is 0 Å². The molecule has 0 saturated heterocycles. The summed E-state index contributed by atoms with van der Waals surface area (Å²) in [6, 6.07) is 32.4. The Morgan fingerprint density at radius 1 is 0.694 bits per heavy atom. The number of nitrogens with zero attached hydrogens (tertiary/aromatic N) is 3. The zero-order valence-corrected chi connectivity index (χ0v) is 21.4. The van der Waals surface area contributed by atoms with E-state index in [4.69, 9.17) is 9.97 Å². The molecule has 0 atom stereocenters. The average Bonchev–Trinajstić information content (AvgIpc) is 3.25. The van der Waals surface area contributed by atoms with Crippen LogP contribution in [0.3, 0.4) is 0 Å². The molecule has 1 saturated carbocycles. The van der Waals surface area contributed by atoms with Crippen LogP contribution in [0.4, 0.5) is 0 Å². The van der Waals surface area contributed by atoms with Gasteiger partial charge in [0.2, 0.25) is 0 Å². The average molecular weight is 472 g/mol. The second-order valence-electron chi connectivity index (χ2n) is 11.0. The first-order chi connectivity index (χ1) is 17.5. The summed E-state index contributed by atoms with van der Waals surface area (Å²) in [5, 5.41) is 0. The van der Waals surface area contributed by atoms with Gasteiger partial charge in [-0.25, -0.2) is 9.97 Å². The molecule has 0 radical (unpaired) electrons. The van der Waals surface area contributed by atoms with Crippen LogP contribution in [0.2, 0.25) is 0 Å². The molecule has 0 bridgehead atoms. The number of hydrogen-bond acceptors (Lipinski definition) is 2. The summed E-state index contributed by atoms with van der Waals surface area (Å²) in [6.07, 6.45) is 5.20. The fourth-order valence-corrected chi connectivity index (χ4v) is 5.62. The van der Waals surface area contributed by atoms with Crippen LogP contribution >= 0.6 is 0 Å². The summed E-state index contributed by atoms with van der Waals surface area (Å²) in [4.78, 5) is 10.0. The Kier molecular flexibility index (Phi) is 5.72. The number of rotatable bonds is 4. The van der Waals surface area contributed by atoms with Crippen molar-refractivity contribution in [1.82, 2.24) is 14.5 Å². The lowest BCUT2D eigenvalue weighted by Crippen LogP contribution is -2.20. The molecule has 180 valence electrons. The minimum atomic E-state index is 0.494. The maximum atomic E-state index is 5.08. The highest BCUT2D eigenvalue weighted by atomic mass is 15.1. The molecule has 6 rings (SSSR count). The van der Waals surface area contributed by atoms with E-state index in [1.807, 2.05) is 12.1 Å². The molecule has 0 spiro atoms. The lowest BCUT2D eigenvalue weighted by atomic mass is 9.71. The third-order valence-corrected chi connectivity index (χ3v) is 7.97. The van der Waals surface area contributed by atoms with Crippen molar-refractivity contribution < 1.29 is 0 Å². The van der Waals surface area contributed by atoms with Crippen molar-refractivity contribution in [3.8, 4) is 33.9 Å². The Balaban J connectivity index is 1.41. The van der Waals surface area contributed by atoms with E-state index in [9.17, 15) is 0 Å². The lowest BCUT2D eigenvalue weighted by molar-refractivity contribution is 0.224. The van der Waals surface area contributed by atoms with E-state index in [-0.39, 0.29) is 0 Å². The monoisotopic (exact) mass is 471 g/mol. The standard InChI is InChI=1S/C33H33N3/c1-33(2)19-17-25(18-20-33)23-13-15-24(16-14-23)27-21-29(26-9-5-4-6-10-26)34-30(22-27)32-35-28-11-7-8-12-31(28)36(32)3/h4-16,21-22,25H,17-20H2,1-3H3. The third kappa shape index (κ3) is 4.35. The Bertz CT molecular complexity index is 1500. The van der Waals surface area contributed by atoms with E-state index in [0.29, 0.717) is 11.3 Å². The van der Waals surface area contributed by atoms with Gasteiger partial charge in [-0.05, 0) is 78.0 Å². The number of para-hydroxylation sites is 2. The van der Waals surface area contributed by atoms with Crippen molar-refractivity contribution in [3.05, 3.63) is 96.6 Å². The summed E-state index contributed by atoms with van der Waals surface area (Å²) < 4.78 is 2.14. The van der Waals surface area contributed by atoms with E-state index in [0.717, 1.165) is 33.8 Å². The smallest absolute Gasteiger partial charge is 0.159 e. The van der Waals surface area contributed by atoms with Gasteiger partial charge in [-0.1, -0.05) is 80.6 Å². The molecule has 0 N–H and O–H groups in total. The number of pyridine rings is 1. The molecule has 36 heavy (non-hydrogen) atoms. The van der Waals surface area contributed by atoms with Crippen LogP contribution in [0.1, 0.15) is 51.0 Å². The molecule has 3 aromatic carbocycles. The predicted octanol–water partition coefficient (Wildman–Crippen LogP) is 8.65. The molecule has 0 unspecified atom stereocenters. The zero-order chi connectivity index (χ0) is 24.7. The molecule has 3 nitrogen and oxygen atoms in total. The van der Waals surface area contributed by atoms with Gasteiger partial charge in [0.25, 0.3) is 0 Å². The highest BCUT2D eigenvalue weighted by Crippen LogP contribution is 2.42. The van der Waals surface area contributed by atoms with Crippen LogP contribution < -0.4 is 0 Å². The number of hydrogen-bond donors (Lipinski definition) is 0. The molecule has 3 heteroatoms. The number of fused-ring (bicyclic) bond motifs is 1. The Morgan fingerprint density at radius 2 is 1.36 bits per heavy atom. The second-order valence-corrected chi connectivity index (χ2v) is 11.0. The molecular weight excluding hydrogens is 438 g/mol. The van der Waals surface area contributed by atoms with E-state index < -0.39 is 0 Å². The van der Waals surface area contributed by atoms with Gasteiger partial charge in [0.1, 0.15) is 5.69 Å². The van der Waals surface area contributed by atoms with Crippen LogP contribution in [0.25, 0.3) is 44.9 Å². The van der Waals surface area contributed by atoms with Crippen LogP contribution in [0.15, 0.2) is 91.0 Å². The predicted molar refractivity (Wildman–Crippen MR) is 150 cm³/mol. The van der Waals surface area contributed by atoms with Crippen molar-refractivity contribution in [2.75, 3.05) is 0 Å². The summed E-state index contributed by atoms with van der Waals surface area (Å²) in [5.41, 5.74) is 9.43. The fraction of sp³-hybridized carbons (Fsp3) is 0.273. The van der Waals surface area contributed by atoms with Crippen molar-refractivity contribution in [1.29, 1.82) is 0 Å². The number of benzene rings is 3. The first-order valence-corrected chi connectivity index (χ1v) is 13.1. The minimum Gasteiger partial charge on any atom is -0.326 e. The van der Waals surface area contributed by atoms with Crippen molar-refractivity contribution in [3.63, 3.8) is 0 Å². The maximum absolute atomic E-state index is 5.08. The molecule has 1 aliphatic rings. The van der Waals surface area contributed by atoms with Crippen LogP contribution in [-0.4, -0.2) is 14.5 Å². The van der Waals surface area contributed by atoms with Crippen LogP contribution in [0, 0.1) is 5.41 Å². The Hall–Kier alpha value is -3.72. The van der Waals surface area contributed by atoms with Gasteiger partial charge in [0.15, 0.2) is 5.82 Å². The van der Waals surface area contributed by atoms with Gasteiger partial charge in [-0.2, -0.15) is 0 Å². The largest absolute Gasteiger partial charge is 0.326 e. The zero-order valence-electron chi connectivity index (χ0n) is 21.4. The van der Waals surface area contributed by atoms with Gasteiger partial charge in [0.05, 0.1) is 16.7 Å². The lowest BCUT2D eigenvalue weighted by Gasteiger charge is -2.34. The highest BCUT2D eigenvalue weighted by Gasteiger charge is 2.27. The maximum Gasteiger partial charge on any atom is 0.159 e. The van der Waals surface area contributed by atoms with E-state index in [1.54, 1.807) is 0 Å². The van der Waals surface area contributed by atoms with Gasteiger partial charge in [-0.3, -0.25) is 0 Å². The Morgan fingerprint density at radius 3 is 2.08 bits per heavy atom. The van der Waals surface area contributed by atoms with Crippen LogP contribution in [-0.2, 0) is 7.05 Å². The summed E-state index contributed by atoms with van der Waals surface area (Å²) in [6.45, 7) is 4.81. The normalized spacial score (nSPS) is 15.9. The molecule has 5 aromatic rings. The van der Waals surface area contributed by atoms with Crippen molar-refractivity contribution in [2.24, 2.45) is 12.5 Å². The van der Waals surface area contributed by atoms with Gasteiger partial charge in [-0.15, -0.1) is 0 Å². The Labute approximate surface area is 213 Å². The summed E-state index contributed by atoms with van der Waals surface area (Å²) >= 11 is 0. The number of aryl methyl sites for hydroxylation is 1. The quantitative estimate of drug-likeness (QED) is 0.262. The number of imidazole rings is 1. The van der Waals surface area contributed by atoms with Gasteiger partial charge >= 0.3 is 0 Å². The van der Waals surface area contributed by atoms with Gasteiger partial charge < -0.3 is 4.57 Å². The van der Waals surface area contributed by atoms with Crippen molar-refractivity contribution in [2.45, 2.75) is 45.4 Å². The van der Waals surface area contributed by atoms with E-state index in [1.165, 1.54) is 42.4 Å². The fourth-order valence-electron chi connectivity index (χ4n) is 5.62. The summed E-state index contributed by atoms with van der Waals surface area (Å²) in [5.74, 6) is 1.57. The molecular formula is C33H33N3. The second kappa shape index (κ2) is 9.05. The molecule has 2 heterocycles. The first-order valence-electron chi connectivity index (χ1n) is 13.1. The molecule has 0 aliphatic heterocycles. The van der Waals surface area contributed by atoms with Crippen molar-refractivity contribution >= 4 is 11.0 Å². The van der Waals surface area contributed by atoms with Gasteiger partial charge in [0, 0.05) is 12.6 Å². The van der Waals surface area contributed by atoms with E-state index in [2.05, 4.69) is 104 Å². The number of aromatic nitrogens is 3. The molecule has 1 aliphatic carbocycles.